The van der Waals surface area contributed by atoms with Crippen molar-refractivity contribution in [3.8, 4) is 23.3 Å². The van der Waals surface area contributed by atoms with Gasteiger partial charge < -0.3 is 15.4 Å². The highest BCUT2D eigenvalue weighted by atomic mass is 16.5. The molecule has 2 aromatic rings. The standard InChI is InChI=1S/C25H28N6O3/c1-2-6-20(32)30-14-13-17(15-30)31-23-21(24(26)27-28-25(23)33)22(29-31)16-9-11-19(12-10-16)34-18-7-4-3-5-8-18/h3-5,7-12,17,21-24,27,29H,13-15,26H2,1H3,(H,28,33). The average molecular weight is 461 g/mol. The molecule has 5 atom stereocenters. The van der Waals surface area contributed by atoms with Gasteiger partial charge in [0.05, 0.1) is 12.2 Å². The second-order valence-corrected chi connectivity index (χ2v) is 8.75. The SMILES string of the molecule is CC#CC(=O)N1CCC(N2NC(c3ccc(Oc4ccccc4)cc3)C3C(N)NNC(=O)C32)C1. The molecule has 0 radical (unpaired) electrons. The van der Waals surface area contributed by atoms with E-state index in [-0.39, 0.29) is 29.8 Å². The summed E-state index contributed by atoms with van der Waals surface area (Å²) in [7, 11) is 0. The van der Waals surface area contributed by atoms with Crippen molar-refractivity contribution in [3.05, 3.63) is 60.2 Å². The van der Waals surface area contributed by atoms with Gasteiger partial charge in [-0.25, -0.2) is 15.9 Å². The summed E-state index contributed by atoms with van der Waals surface area (Å²) in [5.41, 5.74) is 16.6. The van der Waals surface area contributed by atoms with E-state index in [0.717, 1.165) is 23.5 Å². The number of nitrogens with one attached hydrogen (secondary N) is 3. The van der Waals surface area contributed by atoms with E-state index in [1.807, 2.05) is 59.6 Å². The minimum absolute atomic E-state index is 0.0168. The number of likely N-dealkylation sites (tertiary alicyclic amines) is 1. The van der Waals surface area contributed by atoms with Crippen molar-refractivity contribution < 1.29 is 14.3 Å². The summed E-state index contributed by atoms with van der Waals surface area (Å²) in [4.78, 5) is 26.9. The molecule has 5 unspecified atom stereocenters. The zero-order chi connectivity index (χ0) is 23.7. The first-order valence-electron chi connectivity index (χ1n) is 11.4. The second kappa shape index (κ2) is 9.44. The second-order valence-electron chi connectivity index (χ2n) is 8.75. The third kappa shape index (κ3) is 4.24. The number of ether oxygens (including phenoxy) is 1. The Morgan fingerprint density at radius 1 is 1.12 bits per heavy atom. The third-order valence-electron chi connectivity index (χ3n) is 6.68. The zero-order valence-electron chi connectivity index (χ0n) is 18.9. The molecule has 5 rings (SSSR count). The fourth-order valence-corrected chi connectivity index (χ4v) is 5.06. The fourth-order valence-electron chi connectivity index (χ4n) is 5.06. The van der Waals surface area contributed by atoms with Crippen LogP contribution in [0.1, 0.15) is 24.9 Å². The van der Waals surface area contributed by atoms with Gasteiger partial charge in [-0.05, 0) is 49.1 Å². The fraction of sp³-hybridized carbons (Fsp3) is 0.360. The van der Waals surface area contributed by atoms with Gasteiger partial charge >= 0.3 is 0 Å². The molecule has 0 spiro atoms. The first-order chi connectivity index (χ1) is 16.5. The van der Waals surface area contributed by atoms with Crippen molar-refractivity contribution in [1.82, 2.24) is 26.2 Å². The van der Waals surface area contributed by atoms with E-state index < -0.39 is 12.2 Å². The molecule has 0 saturated carbocycles. The Morgan fingerprint density at radius 2 is 1.85 bits per heavy atom. The molecule has 3 aliphatic heterocycles. The van der Waals surface area contributed by atoms with Crippen LogP contribution in [0, 0.1) is 17.8 Å². The molecule has 176 valence electrons. The predicted octanol–water partition coefficient (Wildman–Crippen LogP) is 0.868. The van der Waals surface area contributed by atoms with Crippen molar-refractivity contribution in [1.29, 1.82) is 0 Å². The summed E-state index contributed by atoms with van der Waals surface area (Å²) in [6, 6.07) is 16.8. The number of para-hydroxylation sites is 1. The quantitative estimate of drug-likeness (QED) is 0.501. The van der Waals surface area contributed by atoms with Crippen LogP contribution in [0.2, 0.25) is 0 Å². The van der Waals surface area contributed by atoms with Crippen LogP contribution in [-0.2, 0) is 9.59 Å². The van der Waals surface area contributed by atoms with Crippen molar-refractivity contribution in [2.45, 2.75) is 37.6 Å². The lowest BCUT2D eigenvalue weighted by molar-refractivity contribution is -0.132. The first kappa shape index (κ1) is 22.4. The number of nitrogens with zero attached hydrogens (tertiary/aromatic N) is 2. The van der Waals surface area contributed by atoms with E-state index in [9.17, 15) is 9.59 Å². The van der Waals surface area contributed by atoms with Gasteiger partial charge in [-0.15, -0.1) is 0 Å². The normalized spacial score (nSPS) is 28.6. The summed E-state index contributed by atoms with van der Waals surface area (Å²) >= 11 is 0. The van der Waals surface area contributed by atoms with E-state index in [4.69, 9.17) is 10.5 Å². The van der Waals surface area contributed by atoms with E-state index >= 15 is 0 Å². The molecular formula is C25H28N6O3. The van der Waals surface area contributed by atoms with Gasteiger partial charge in [-0.1, -0.05) is 36.3 Å². The topological polar surface area (TPSA) is 112 Å². The lowest BCUT2D eigenvalue weighted by Crippen LogP contribution is -2.67. The lowest BCUT2D eigenvalue weighted by Gasteiger charge is -2.36. The predicted molar refractivity (Wildman–Crippen MR) is 126 cm³/mol. The Morgan fingerprint density at radius 3 is 2.59 bits per heavy atom. The monoisotopic (exact) mass is 460 g/mol. The van der Waals surface area contributed by atoms with E-state index in [1.165, 1.54) is 0 Å². The van der Waals surface area contributed by atoms with Gasteiger partial charge in [0, 0.05) is 25.0 Å². The van der Waals surface area contributed by atoms with Crippen LogP contribution in [-0.4, -0.2) is 53.1 Å². The van der Waals surface area contributed by atoms with Crippen LogP contribution >= 0.6 is 0 Å². The van der Waals surface area contributed by atoms with Crippen LogP contribution in [0.3, 0.4) is 0 Å². The van der Waals surface area contributed by atoms with Crippen LogP contribution < -0.4 is 26.7 Å². The van der Waals surface area contributed by atoms with Gasteiger partial charge in [-0.2, -0.15) is 0 Å². The Balaban J connectivity index is 1.37. The number of nitrogens with two attached hydrogens (primary N) is 1. The molecular weight excluding hydrogens is 432 g/mol. The first-order valence-corrected chi connectivity index (χ1v) is 11.4. The number of amides is 2. The van der Waals surface area contributed by atoms with Crippen LogP contribution in [0.5, 0.6) is 11.5 Å². The molecule has 2 aromatic carbocycles. The minimum atomic E-state index is -0.459. The molecule has 0 bridgehead atoms. The van der Waals surface area contributed by atoms with Crippen molar-refractivity contribution in [2.24, 2.45) is 11.7 Å². The maximum Gasteiger partial charge on any atom is 0.298 e. The number of carbonyl (C=O) groups is 2. The summed E-state index contributed by atoms with van der Waals surface area (Å²) in [6.07, 6.45) is 0.315. The summed E-state index contributed by atoms with van der Waals surface area (Å²) in [5.74, 6) is 6.25. The molecule has 34 heavy (non-hydrogen) atoms. The number of benzene rings is 2. The molecule has 3 saturated heterocycles. The van der Waals surface area contributed by atoms with Gasteiger partial charge in [0.2, 0.25) is 0 Å². The molecule has 3 fully saturated rings. The summed E-state index contributed by atoms with van der Waals surface area (Å²) < 4.78 is 5.92. The minimum Gasteiger partial charge on any atom is -0.457 e. The zero-order valence-corrected chi connectivity index (χ0v) is 18.9. The van der Waals surface area contributed by atoms with Gasteiger partial charge in [0.15, 0.2) is 0 Å². The highest BCUT2D eigenvalue weighted by molar-refractivity contribution is 5.93. The summed E-state index contributed by atoms with van der Waals surface area (Å²) in [5, 5.41) is 1.99. The molecule has 5 N–H and O–H groups in total. The maximum absolute atomic E-state index is 12.9. The van der Waals surface area contributed by atoms with E-state index in [0.29, 0.717) is 13.1 Å². The van der Waals surface area contributed by atoms with Crippen molar-refractivity contribution in [3.63, 3.8) is 0 Å². The molecule has 9 nitrogen and oxygen atoms in total. The highest BCUT2D eigenvalue weighted by Gasteiger charge is 2.54. The van der Waals surface area contributed by atoms with Gasteiger partial charge in [0.1, 0.15) is 17.5 Å². The van der Waals surface area contributed by atoms with Gasteiger partial charge in [-0.3, -0.25) is 15.0 Å². The number of hydrogen-bond acceptors (Lipinski definition) is 7. The molecule has 9 heteroatoms. The van der Waals surface area contributed by atoms with Crippen LogP contribution in [0.15, 0.2) is 54.6 Å². The Hall–Kier alpha value is -3.42. The molecule has 2 amide bonds. The van der Waals surface area contributed by atoms with Gasteiger partial charge in [0.25, 0.3) is 11.8 Å². The van der Waals surface area contributed by atoms with Crippen LogP contribution in [0.4, 0.5) is 0 Å². The average Bonchev–Trinajstić information content (AvgIpc) is 3.49. The molecule has 0 aliphatic carbocycles. The number of hydrogen-bond donors (Lipinski definition) is 4. The largest absolute Gasteiger partial charge is 0.457 e. The van der Waals surface area contributed by atoms with Crippen molar-refractivity contribution in [2.75, 3.05) is 13.1 Å². The Bertz CT molecular complexity index is 1110. The molecule has 0 aromatic heterocycles. The molecule has 3 aliphatic rings. The van der Waals surface area contributed by atoms with E-state index in [2.05, 4.69) is 28.1 Å². The Kier molecular flexibility index (Phi) is 6.22. The van der Waals surface area contributed by atoms with E-state index in [1.54, 1.807) is 11.8 Å². The number of rotatable bonds is 4. The number of carbonyl (C=O) groups excluding carboxylic acids is 2. The maximum atomic E-state index is 12.9. The van der Waals surface area contributed by atoms with Crippen LogP contribution in [0.25, 0.3) is 0 Å². The third-order valence-corrected chi connectivity index (χ3v) is 6.68. The van der Waals surface area contributed by atoms with Crippen molar-refractivity contribution >= 4 is 11.8 Å². The molecule has 3 heterocycles. The number of hydrazine groups is 2. The highest BCUT2D eigenvalue weighted by Crippen LogP contribution is 2.39. The smallest absolute Gasteiger partial charge is 0.298 e. The Labute approximate surface area is 198 Å². The number of fused-ring (bicyclic) bond motifs is 1. The lowest BCUT2D eigenvalue weighted by atomic mass is 9.85. The summed E-state index contributed by atoms with van der Waals surface area (Å²) in [6.45, 7) is 2.77.